The average molecular weight is 290 g/mol. The number of carbonyl (C=O) groups is 2. The Bertz CT molecular complexity index is 656. The van der Waals surface area contributed by atoms with E-state index in [4.69, 9.17) is 17.3 Å². The lowest BCUT2D eigenvalue weighted by molar-refractivity contribution is -0.115. The summed E-state index contributed by atoms with van der Waals surface area (Å²) in [5, 5.41) is 0.191. The van der Waals surface area contributed by atoms with E-state index in [0.717, 1.165) is 4.90 Å². The number of nitrogens with two attached hydrogens (primary N) is 1. The Morgan fingerprint density at radius 1 is 1.20 bits per heavy atom. The molecule has 0 atom stereocenters. The van der Waals surface area contributed by atoms with E-state index in [0.29, 0.717) is 11.4 Å². The molecule has 1 heterocycles. The van der Waals surface area contributed by atoms with Crippen LogP contribution in [0.5, 0.6) is 0 Å². The van der Waals surface area contributed by atoms with Gasteiger partial charge in [0.25, 0.3) is 5.91 Å². The quantitative estimate of drug-likeness (QED) is 0.681. The molecule has 20 heavy (non-hydrogen) atoms. The molecule has 102 valence electrons. The second-order valence-electron chi connectivity index (χ2n) is 4.12. The van der Waals surface area contributed by atoms with Gasteiger partial charge in [-0.1, -0.05) is 11.6 Å². The standard InChI is InChI=1S/C14H12ClN3O2/c1-9(19)18(12-4-2-11(16)3-5-12)14(20)10-6-7-17-13(15)8-10/h2-8H,16H2,1H3. The fourth-order valence-electron chi connectivity index (χ4n) is 1.73. The lowest BCUT2D eigenvalue weighted by Crippen LogP contribution is -2.35. The zero-order valence-corrected chi connectivity index (χ0v) is 11.5. The van der Waals surface area contributed by atoms with Crippen LogP contribution in [0.3, 0.4) is 0 Å². The fourth-order valence-corrected chi connectivity index (χ4v) is 1.90. The summed E-state index contributed by atoms with van der Waals surface area (Å²) >= 11 is 5.76. The van der Waals surface area contributed by atoms with Crippen molar-refractivity contribution in [3.63, 3.8) is 0 Å². The van der Waals surface area contributed by atoms with Crippen LogP contribution in [-0.2, 0) is 4.79 Å². The first-order valence-corrected chi connectivity index (χ1v) is 6.19. The molecule has 0 bridgehead atoms. The minimum absolute atomic E-state index is 0.191. The van der Waals surface area contributed by atoms with Crippen molar-refractivity contribution in [2.45, 2.75) is 6.92 Å². The molecular formula is C14H12ClN3O2. The molecule has 0 aliphatic heterocycles. The van der Waals surface area contributed by atoms with Crippen molar-refractivity contribution in [2.24, 2.45) is 0 Å². The highest BCUT2D eigenvalue weighted by atomic mass is 35.5. The van der Waals surface area contributed by atoms with Gasteiger partial charge < -0.3 is 5.73 Å². The Labute approximate surface area is 121 Å². The number of pyridine rings is 1. The number of nitrogen functional groups attached to an aromatic ring is 1. The van der Waals surface area contributed by atoms with Gasteiger partial charge in [0, 0.05) is 24.4 Å². The molecule has 0 spiro atoms. The summed E-state index contributed by atoms with van der Waals surface area (Å²) in [7, 11) is 0. The number of halogens is 1. The van der Waals surface area contributed by atoms with Gasteiger partial charge >= 0.3 is 0 Å². The Hall–Kier alpha value is -2.40. The lowest BCUT2D eigenvalue weighted by atomic mass is 10.2. The minimum Gasteiger partial charge on any atom is -0.399 e. The Morgan fingerprint density at radius 2 is 1.85 bits per heavy atom. The van der Waals surface area contributed by atoms with Gasteiger partial charge in [-0.3, -0.25) is 9.59 Å². The highest BCUT2D eigenvalue weighted by Gasteiger charge is 2.22. The number of carbonyl (C=O) groups excluding carboxylic acids is 2. The van der Waals surface area contributed by atoms with Gasteiger partial charge in [-0.25, -0.2) is 9.88 Å². The largest absolute Gasteiger partial charge is 0.399 e. The third-order valence-electron chi connectivity index (χ3n) is 2.64. The van der Waals surface area contributed by atoms with Crippen molar-refractivity contribution < 1.29 is 9.59 Å². The molecule has 0 aliphatic carbocycles. The van der Waals surface area contributed by atoms with Crippen LogP contribution >= 0.6 is 11.6 Å². The second kappa shape index (κ2) is 5.71. The van der Waals surface area contributed by atoms with E-state index in [9.17, 15) is 9.59 Å². The molecule has 0 aliphatic rings. The van der Waals surface area contributed by atoms with Crippen LogP contribution < -0.4 is 10.6 Å². The number of amides is 2. The zero-order valence-electron chi connectivity index (χ0n) is 10.7. The molecule has 1 aromatic carbocycles. The molecule has 2 amide bonds. The molecule has 0 unspecified atom stereocenters. The normalized spacial score (nSPS) is 10.1. The number of anilines is 2. The topological polar surface area (TPSA) is 76.3 Å². The SMILES string of the molecule is CC(=O)N(C(=O)c1ccnc(Cl)c1)c1ccc(N)cc1. The number of aromatic nitrogens is 1. The van der Waals surface area contributed by atoms with E-state index < -0.39 is 11.8 Å². The molecule has 0 saturated heterocycles. The van der Waals surface area contributed by atoms with E-state index in [1.165, 1.54) is 25.3 Å². The number of nitrogens with zero attached hydrogens (tertiary/aromatic N) is 2. The zero-order chi connectivity index (χ0) is 14.7. The number of hydrogen-bond acceptors (Lipinski definition) is 4. The first kappa shape index (κ1) is 14.0. The molecule has 1 aromatic heterocycles. The summed E-state index contributed by atoms with van der Waals surface area (Å²) in [4.78, 5) is 29.0. The van der Waals surface area contributed by atoms with Crippen molar-refractivity contribution in [1.82, 2.24) is 4.98 Å². The van der Waals surface area contributed by atoms with E-state index in [-0.39, 0.29) is 10.7 Å². The van der Waals surface area contributed by atoms with Crippen LogP contribution in [0.2, 0.25) is 5.15 Å². The van der Waals surface area contributed by atoms with E-state index in [1.54, 1.807) is 24.3 Å². The van der Waals surface area contributed by atoms with Gasteiger partial charge in [-0.2, -0.15) is 0 Å². The van der Waals surface area contributed by atoms with Gasteiger partial charge in [-0.05, 0) is 36.4 Å². The predicted octanol–water partition coefficient (Wildman–Crippen LogP) is 2.51. The van der Waals surface area contributed by atoms with Crippen molar-refractivity contribution in [3.8, 4) is 0 Å². The van der Waals surface area contributed by atoms with Crippen LogP contribution in [0.15, 0.2) is 42.6 Å². The molecule has 2 rings (SSSR count). The van der Waals surface area contributed by atoms with Crippen LogP contribution in [0.4, 0.5) is 11.4 Å². The monoisotopic (exact) mass is 289 g/mol. The summed E-state index contributed by atoms with van der Waals surface area (Å²) in [6.07, 6.45) is 1.41. The summed E-state index contributed by atoms with van der Waals surface area (Å²) in [5.74, 6) is -0.862. The molecule has 0 saturated carbocycles. The fraction of sp³-hybridized carbons (Fsp3) is 0.0714. The van der Waals surface area contributed by atoms with Crippen LogP contribution in [0.1, 0.15) is 17.3 Å². The average Bonchev–Trinajstić information content (AvgIpc) is 2.41. The predicted molar refractivity (Wildman–Crippen MR) is 77.6 cm³/mol. The number of imide groups is 1. The molecule has 0 radical (unpaired) electrons. The second-order valence-corrected chi connectivity index (χ2v) is 4.51. The summed E-state index contributed by atoms with van der Waals surface area (Å²) in [6.45, 7) is 1.32. The molecule has 2 N–H and O–H groups in total. The maximum absolute atomic E-state index is 12.4. The summed E-state index contributed by atoms with van der Waals surface area (Å²) in [5.41, 5.74) is 6.89. The first-order valence-electron chi connectivity index (χ1n) is 5.81. The number of benzene rings is 1. The molecule has 0 fully saturated rings. The van der Waals surface area contributed by atoms with Crippen molar-refractivity contribution >= 4 is 34.8 Å². The first-order chi connectivity index (χ1) is 9.49. The summed E-state index contributed by atoms with van der Waals surface area (Å²) in [6, 6.07) is 9.38. The number of rotatable bonds is 2. The smallest absolute Gasteiger partial charge is 0.265 e. The highest BCUT2D eigenvalue weighted by molar-refractivity contribution is 6.30. The third kappa shape index (κ3) is 2.95. The molecule has 6 heteroatoms. The van der Waals surface area contributed by atoms with E-state index in [1.807, 2.05) is 0 Å². The van der Waals surface area contributed by atoms with Crippen LogP contribution in [0, 0.1) is 0 Å². The van der Waals surface area contributed by atoms with Crippen LogP contribution in [-0.4, -0.2) is 16.8 Å². The third-order valence-corrected chi connectivity index (χ3v) is 2.85. The van der Waals surface area contributed by atoms with Gasteiger partial charge in [-0.15, -0.1) is 0 Å². The summed E-state index contributed by atoms with van der Waals surface area (Å²) < 4.78 is 0. The Morgan fingerprint density at radius 3 is 2.40 bits per heavy atom. The number of hydrogen-bond donors (Lipinski definition) is 1. The van der Waals surface area contributed by atoms with Crippen LogP contribution in [0.25, 0.3) is 0 Å². The Balaban J connectivity index is 2.41. The van der Waals surface area contributed by atoms with Gasteiger partial charge in [0.15, 0.2) is 0 Å². The lowest BCUT2D eigenvalue weighted by Gasteiger charge is -2.19. The highest BCUT2D eigenvalue weighted by Crippen LogP contribution is 2.20. The Kier molecular flexibility index (Phi) is 4.00. The van der Waals surface area contributed by atoms with Crippen molar-refractivity contribution in [2.75, 3.05) is 10.6 Å². The maximum Gasteiger partial charge on any atom is 0.265 e. The molecule has 5 nitrogen and oxygen atoms in total. The molecular weight excluding hydrogens is 278 g/mol. The maximum atomic E-state index is 12.4. The van der Waals surface area contributed by atoms with E-state index in [2.05, 4.69) is 4.98 Å². The van der Waals surface area contributed by atoms with E-state index >= 15 is 0 Å². The minimum atomic E-state index is -0.466. The van der Waals surface area contributed by atoms with Crippen molar-refractivity contribution in [1.29, 1.82) is 0 Å². The molecule has 2 aromatic rings. The van der Waals surface area contributed by atoms with Gasteiger partial charge in [0.2, 0.25) is 5.91 Å². The van der Waals surface area contributed by atoms with Crippen molar-refractivity contribution in [3.05, 3.63) is 53.3 Å². The van der Waals surface area contributed by atoms with Gasteiger partial charge in [0.1, 0.15) is 5.15 Å². The van der Waals surface area contributed by atoms with Gasteiger partial charge in [0.05, 0.1) is 5.69 Å².